The van der Waals surface area contributed by atoms with Gasteiger partial charge in [0.1, 0.15) is 0 Å². The van der Waals surface area contributed by atoms with Crippen molar-refractivity contribution < 1.29 is 0 Å². The summed E-state index contributed by atoms with van der Waals surface area (Å²) in [6.45, 7) is 2.44. The normalized spacial score (nSPS) is 37.2. The molecule has 3 atom stereocenters. The predicted molar refractivity (Wildman–Crippen MR) is 73.0 cm³/mol. The van der Waals surface area contributed by atoms with Crippen LogP contribution in [-0.4, -0.2) is 12.1 Å². The molecule has 2 unspecified atom stereocenters. The average Bonchev–Trinajstić information content (AvgIpc) is 3.04. The molecule has 3 rings (SSSR count). The van der Waals surface area contributed by atoms with Gasteiger partial charge in [0.05, 0.1) is 0 Å². The van der Waals surface area contributed by atoms with Gasteiger partial charge in [-0.05, 0) is 63.2 Å². The van der Waals surface area contributed by atoms with Crippen LogP contribution in [0.1, 0.15) is 71.1 Å². The Kier molecular flexibility index (Phi) is 3.75. The van der Waals surface area contributed by atoms with Gasteiger partial charge in [0.25, 0.3) is 0 Å². The van der Waals surface area contributed by atoms with Crippen LogP contribution in [0.2, 0.25) is 0 Å². The van der Waals surface area contributed by atoms with E-state index in [1.807, 2.05) is 0 Å². The van der Waals surface area contributed by atoms with Crippen LogP contribution in [0.3, 0.4) is 0 Å². The van der Waals surface area contributed by atoms with Crippen LogP contribution in [0, 0.1) is 17.8 Å². The largest absolute Gasteiger partial charge is 0.311 e. The Morgan fingerprint density at radius 3 is 2.29 bits per heavy atom. The van der Waals surface area contributed by atoms with E-state index >= 15 is 0 Å². The zero-order chi connectivity index (χ0) is 11.7. The van der Waals surface area contributed by atoms with Crippen LogP contribution in [0.15, 0.2) is 0 Å². The topological polar surface area (TPSA) is 12.0 Å². The van der Waals surface area contributed by atoms with Gasteiger partial charge in [-0.15, -0.1) is 0 Å². The molecule has 17 heavy (non-hydrogen) atoms. The van der Waals surface area contributed by atoms with E-state index in [-0.39, 0.29) is 0 Å². The number of hydrogen-bond donors (Lipinski definition) is 1. The highest BCUT2D eigenvalue weighted by Crippen LogP contribution is 2.44. The minimum absolute atomic E-state index is 0.778. The monoisotopic (exact) mass is 235 g/mol. The van der Waals surface area contributed by atoms with Gasteiger partial charge in [-0.25, -0.2) is 0 Å². The fraction of sp³-hybridized carbons (Fsp3) is 1.00. The molecule has 0 aromatic carbocycles. The van der Waals surface area contributed by atoms with Gasteiger partial charge in [-0.3, -0.25) is 0 Å². The maximum Gasteiger partial charge on any atom is 0.00723 e. The molecule has 0 spiro atoms. The van der Waals surface area contributed by atoms with Crippen molar-refractivity contribution in [1.82, 2.24) is 5.32 Å². The number of rotatable bonds is 4. The minimum Gasteiger partial charge on any atom is -0.311 e. The van der Waals surface area contributed by atoms with Crippen molar-refractivity contribution in [2.24, 2.45) is 17.8 Å². The summed E-state index contributed by atoms with van der Waals surface area (Å²) in [5.41, 5.74) is 0. The predicted octanol–water partition coefficient (Wildman–Crippen LogP) is 4.12. The molecule has 1 nitrogen and oxygen atoms in total. The quantitative estimate of drug-likeness (QED) is 0.773. The molecule has 0 radical (unpaired) electrons. The average molecular weight is 235 g/mol. The van der Waals surface area contributed by atoms with Crippen molar-refractivity contribution in [2.75, 3.05) is 0 Å². The van der Waals surface area contributed by atoms with Crippen LogP contribution >= 0.6 is 0 Å². The summed E-state index contributed by atoms with van der Waals surface area (Å²) in [6.07, 6.45) is 14.9. The molecule has 3 fully saturated rings. The summed E-state index contributed by atoms with van der Waals surface area (Å²) in [6, 6.07) is 1.63. The number of nitrogens with one attached hydrogen (secondary N) is 1. The first kappa shape index (κ1) is 12.0. The fourth-order valence-corrected chi connectivity index (χ4v) is 4.34. The molecule has 1 heteroatoms. The second kappa shape index (κ2) is 5.30. The zero-order valence-electron chi connectivity index (χ0n) is 11.5. The first-order chi connectivity index (χ1) is 8.33. The van der Waals surface area contributed by atoms with Crippen molar-refractivity contribution in [2.45, 2.75) is 83.2 Å². The van der Waals surface area contributed by atoms with Gasteiger partial charge in [-0.2, -0.15) is 0 Å². The van der Waals surface area contributed by atoms with Crippen LogP contribution in [-0.2, 0) is 0 Å². The highest BCUT2D eigenvalue weighted by molar-refractivity contribution is 4.89. The maximum atomic E-state index is 3.97. The molecule has 0 aromatic rings. The van der Waals surface area contributed by atoms with E-state index < -0.39 is 0 Å². The van der Waals surface area contributed by atoms with Crippen molar-refractivity contribution >= 4 is 0 Å². The van der Waals surface area contributed by atoms with E-state index in [1.54, 1.807) is 0 Å². The van der Waals surface area contributed by atoms with E-state index in [2.05, 4.69) is 12.2 Å². The van der Waals surface area contributed by atoms with Crippen molar-refractivity contribution in [1.29, 1.82) is 0 Å². The third-order valence-electron chi connectivity index (χ3n) is 5.61. The molecule has 0 heterocycles. The summed E-state index contributed by atoms with van der Waals surface area (Å²) in [4.78, 5) is 0. The summed E-state index contributed by atoms with van der Waals surface area (Å²) < 4.78 is 0. The van der Waals surface area contributed by atoms with Crippen molar-refractivity contribution in [3.8, 4) is 0 Å². The molecule has 0 aromatic heterocycles. The third kappa shape index (κ3) is 3.05. The Morgan fingerprint density at radius 2 is 1.59 bits per heavy atom. The molecular formula is C16H29N. The Morgan fingerprint density at radius 1 is 0.824 bits per heavy atom. The number of hydrogen-bond acceptors (Lipinski definition) is 1. The molecule has 0 saturated heterocycles. The van der Waals surface area contributed by atoms with Crippen LogP contribution < -0.4 is 5.32 Å². The molecule has 1 N–H and O–H groups in total. The summed E-state index contributed by atoms with van der Waals surface area (Å²) >= 11 is 0. The lowest BCUT2D eigenvalue weighted by atomic mass is 9.82. The molecule has 0 aliphatic heterocycles. The highest BCUT2D eigenvalue weighted by atomic mass is 15.0. The van der Waals surface area contributed by atoms with Gasteiger partial charge < -0.3 is 5.32 Å². The summed E-state index contributed by atoms with van der Waals surface area (Å²) in [7, 11) is 0. The van der Waals surface area contributed by atoms with E-state index in [9.17, 15) is 0 Å². The first-order valence-electron chi connectivity index (χ1n) is 8.09. The van der Waals surface area contributed by atoms with Gasteiger partial charge in [-0.1, -0.05) is 25.7 Å². The lowest BCUT2D eigenvalue weighted by Gasteiger charge is -2.33. The molecule has 3 aliphatic rings. The van der Waals surface area contributed by atoms with Crippen molar-refractivity contribution in [3.05, 3.63) is 0 Å². The molecule has 3 saturated carbocycles. The lowest BCUT2D eigenvalue weighted by Crippen LogP contribution is -2.43. The molecule has 98 valence electrons. The molecular weight excluding hydrogens is 206 g/mol. The van der Waals surface area contributed by atoms with E-state index in [0.29, 0.717) is 0 Å². The summed E-state index contributed by atoms with van der Waals surface area (Å²) in [5, 5.41) is 3.97. The van der Waals surface area contributed by atoms with Crippen LogP contribution in [0.5, 0.6) is 0 Å². The van der Waals surface area contributed by atoms with E-state index in [1.165, 1.54) is 64.2 Å². The van der Waals surface area contributed by atoms with Gasteiger partial charge in [0, 0.05) is 12.1 Å². The maximum absolute atomic E-state index is 3.97. The van der Waals surface area contributed by atoms with Crippen LogP contribution in [0.25, 0.3) is 0 Å². The van der Waals surface area contributed by atoms with E-state index in [0.717, 1.165) is 29.8 Å². The lowest BCUT2D eigenvalue weighted by molar-refractivity contribution is 0.230. The Balaban J connectivity index is 1.46. The van der Waals surface area contributed by atoms with E-state index in [4.69, 9.17) is 0 Å². The zero-order valence-corrected chi connectivity index (χ0v) is 11.5. The standard InChI is InChI=1S/C16H29N/c1-12(13-5-2-3-6-13)17-16-8-4-7-15(11-16)14-9-10-14/h12-17H,2-11H2,1H3/t12-,15?,16?/m0/s1. The van der Waals surface area contributed by atoms with Gasteiger partial charge in [0.2, 0.25) is 0 Å². The second-order valence-electron chi connectivity index (χ2n) is 6.96. The Hall–Kier alpha value is -0.0400. The molecule has 0 amide bonds. The Labute approximate surface area is 107 Å². The summed E-state index contributed by atoms with van der Waals surface area (Å²) in [5.74, 6) is 3.19. The van der Waals surface area contributed by atoms with Crippen LogP contribution in [0.4, 0.5) is 0 Å². The van der Waals surface area contributed by atoms with Gasteiger partial charge in [0.15, 0.2) is 0 Å². The molecule has 0 bridgehead atoms. The smallest absolute Gasteiger partial charge is 0.00723 e. The first-order valence-corrected chi connectivity index (χ1v) is 8.09. The minimum atomic E-state index is 0.778. The second-order valence-corrected chi connectivity index (χ2v) is 6.96. The van der Waals surface area contributed by atoms with Crippen molar-refractivity contribution in [3.63, 3.8) is 0 Å². The Bertz CT molecular complexity index is 240. The SMILES string of the molecule is C[C@H](NC1CCCC(C2CC2)C1)C1CCCC1. The fourth-order valence-electron chi connectivity index (χ4n) is 4.34. The third-order valence-corrected chi connectivity index (χ3v) is 5.61. The molecule has 3 aliphatic carbocycles. The highest BCUT2D eigenvalue weighted by Gasteiger charge is 2.35. The van der Waals surface area contributed by atoms with Gasteiger partial charge >= 0.3 is 0 Å².